The largest absolute Gasteiger partial charge is 0.493 e. The number of aromatic nitrogens is 3. The highest BCUT2D eigenvalue weighted by atomic mass is 16.5. The fraction of sp³-hybridized carbons (Fsp3) is 0.357. The van der Waals surface area contributed by atoms with Crippen LogP contribution in [0.2, 0.25) is 0 Å². The number of nitrogens with zero attached hydrogens (tertiary/aromatic N) is 3. The van der Waals surface area contributed by atoms with Crippen molar-refractivity contribution in [1.82, 2.24) is 20.3 Å². The van der Waals surface area contributed by atoms with Gasteiger partial charge in [0.1, 0.15) is 0 Å². The number of methoxy groups -OCH3 is 2. The van der Waals surface area contributed by atoms with Gasteiger partial charge < -0.3 is 14.8 Å². The molecule has 0 atom stereocenters. The molecule has 0 saturated heterocycles. The average molecular weight is 290 g/mol. The molecule has 0 fully saturated rings. The second-order valence-electron chi connectivity index (χ2n) is 4.47. The minimum atomic E-state index is -0.233. The van der Waals surface area contributed by atoms with Gasteiger partial charge in [0, 0.05) is 13.6 Å². The monoisotopic (exact) mass is 290 g/mol. The summed E-state index contributed by atoms with van der Waals surface area (Å²) in [5.74, 6) is 1.13. The fourth-order valence-corrected chi connectivity index (χ4v) is 1.90. The second-order valence-corrected chi connectivity index (χ2v) is 4.47. The summed E-state index contributed by atoms with van der Waals surface area (Å²) in [4.78, 5) is 11.8. The third kappa shape index (κ3) is 3.71. The van der Waals surface area contributed by atoms with Gasteiger partial charge in [-0.2, -0.15) is 0 Å². The Bertz CT molecular complexity index is 624. The quantitative estimate of drug-likeness (QED) is 0.851. The molecule has 1 N–H and O–H groups in total. The number of aryl methyl sites for hydroxylation is 1. The van der Waals surface area contributed by atoms with Crippen LogP contribution in [0.4, 0.5) is 0 Å². The molecule has 7 nitrogen and oxygen atoms in total. The SMILES string of the molecule is COc1ccc(CCNC(=O)c2cn(C)nn2)cc1OC. The highest BCUT2D eigenvalue weighted by Gasteiger charge is 2.09. The molecule has 0 saturated carbocycles. The van der Waals surface area contributed by atoms with Crippen molar-refractivity contribution in [3.05, 3.63) is 35.7 Å². The van der Waals surface area contributed by atoms with E-state index in [4.69, 9.17) is 9.47 Å². The van der Waals surface area contributed by atoms with Gasteiger partial charge >= 0.3 is 0 Å². The molecule has 2 rings (SSSR count). The van der Waals surface area contributed by atoms with Crippen molar-refractivity contribution < 1.29 is 14.3 Å². The number of ether oxygens (including phenoxy) is 2. The Kier molecular flexibility index (Phi) is 4.76. The molecule has 0 aliphatic rings. The maximum Gasteiger partial charge on any atom is 0.273 e. The number of benzene rings is 1. The number of carbonyl (C=O) groups is 1. The Hall–Kier alpha value is -2.57. The molecule has 0 spiro atoms. The predicted molar refractivity (Wildman–Crippen MR) is 76.6 cm³/mol. The zero-order valence-electron chi connectivity index (χ0n) is 12.3. The van der Waals surface area contributed by atoms with Crippen LogP contribution >= 0.6 is 0 Å². The molecule has 2 aromatic rings. The molecular weight excluding hydrogens is 272 g/mol. The minimum absolute atomic E-state index is 0.233. The van der Waals surface area contributed by atoms with Crippen LogP contribution in [0.15, 0.2) is 24.4 Å². The van der Waals surface area contributed by atoms with Crippen LogP contribution in [0, 0.1) is 0 Å². The summed E-state index contributed by atoms with van der Waals surface area (Å²) in [5, 5.41) is 10.3. The van der Waals surface area contributed by atoms with Crippen LogP contribution < -0.4 is 14.8 Å². The highest BCUT2D eigenvalue weighted by molar-refractivity contribution is 5.91. The van der Waals surface area contributed by atoms with Gasteiger partial charge in [0.25, 0.3) is 5.91 Å². The molecule has 1 aromatic carbocycles. The van der Waals surface area contributed by atoms with Gasteiger partial charge in [-0.15, -0.1) is 5.10 Å². The lowest BCUT2D eigenvalue weighted by atomic mass is 10.1. The van der Waals surface area contributed by atoms with E-state index in [1.807, 2.05) is 18.2 Å². The van der Waals surface area contributed by atoms with E-state index < -0.39 is 0 Å². The Morgan fingerprint density at radius 2 is 2.05 bits per heavy atom. The Balaban J connectivity index is 1.90. The molecule has 0 unspecified atom stereocenters. The lowest BCUT2D eigenvalue weighted by Crippen LogP contribution is -2.26. The maximum atomic E-state index is 11.8. The first-order valence-corrected chi connectivity index (χ1v) is 6.49. The zero-order chi connectivity index (χ0) is 15.2. The number of nitrogens with one attached hydrogen (secondary N) is 1. The van der Waals surface area contributed by atoms with E-state index in [0.29, 0.717) is 30.2 Å². The van der Waals surface area contributed by atoms with Crippen LogP contribution in [0.1, 0.15) is 16.1 Å². The van der Waals surface area contributed by atoms with Crippen LogP contribution in [0.5, 0.6) is 11.5 Å². The van der Waals surface area contributed by atoms with Crippen LogP contribution in [-0.2, 0) is 13.5 Å². The van der Waals surface area contributed by atoms with Gasteiger partial charge in [-0.1, -0.05) is 11.3 Å². The van der Waals surface area contributed by atoms with Crippen molar-refractivity contribution in [2.75, 3.05) is 20.8 Å². The van der Waals surface area contributed by atoms with Crippen molar-refractivity contribution in [3.8, 4) is 11.5 Å². The van der Waals surface area contributed by atoms with E-state index in [9.17, 15) is 4.79 Å². The third-order valence-electron chi connectivity index (χ3n) is 2.98. The molecule has 1 aromatic heterocycles. The summed E-state index contributed by atoms with van der Waals surface area (Å²) >= 11 is 0. The van der Waals surface area contributed by atoms with E-state index in [1.54, 1.807) is 27.5 Å². The van der Waals surface area contributed by atoms with Crippen LogP contribution in [-0.4, -0.2) is 41.7 Å². The van der Waals surface area contributed by atoms with Crippen molar-refractivity contribution in [2.45, 2.75) is 6.42 Å². The molecule has 21 heavy (non-hydrogen) atoms. The first-order valence-electron chi connectivity index (χ1n) is 6.49. The van der Waals surface area contributed by atoms with E-state index in [1.165, 1.54) is 4.68 Å². The minimum Gasteiger partial charge on any atom is -0.493 e. The molecule has 0 aliphatic carbocycles. The molecule has 0 aliphatic heterocycles. The van der Waals surface area contributed by atoms with Crippen molar-refractivity contribution in [2.24, 2.45) is 7.05 Å². The lowest BCUT2D eigenvalue weighted by Gasteiger charge is -2.09. The highest BCUT2D eigenvalue weighted by Crippen LogP contribution is 2.27. The predicted octanol–water partition coefficient (Wildman–Crippen LogP) is 0.805. The molecule has 1 heterocycles. The van der Waals surface area contributed by atoms with Crippen molar-refractivity contribution in [1.29, 1.82) is 0 Å². The average Bonchev–Trinajstić information content (AvgIpc) is 2.93. The summed E-state index contributed by atoms with van der Waals surface area (Å²) in [5.41, 5.74) is 1.36. The summed E-state index contributed by atoms with van der Waals surface area (Å²) < 4.78 is 11.9. The number of rotatable bonds is 6. The summed E-state index contributed by atoms with van der Waals surface area (Å²) in [7, 11) is 4.91. The normalized spacial score (nSPS) is 10.2. The molecule has 1 amide bonds. The van der Waals surface area contributed by atoms with Crippen LogP contribution in [0.3, 0.4) is 0 Å². The van der Waals surface area contributed by atoms with Gasteiger partial charge in [-0.05, 0) is 24.1 Å². The lowest BCUT2D eigenvalue weighted by molar-refractivity contribution is 0.0949. The Morgan fingerprint density at radius 3 is 2.67 bits per heavy atom. The first-order chi connectivity index (χ1) is 10.1. The third-order valence-corrected chi connectivity index (χ3v) is 2.98. The summed E-state index contributed by atoms with van der Waals surface area (Å²) in [6, 6.07) is 5.68. The standard InChI is InChI=1S/C14H18N4O3/c1-18-9-11(16-17-18)14(19)15-7-6-10-4-5-12(20-2)13(8-10)21-3/h4-5,8-9H,6-7H2,1-3H3,(H,15,19). The number of hydrogen-bond donors (Lipinski definition) is 1. The molecule has 112 valence electrons. The van der Waals surface area contributed by atoms with E-state index >= 15 is 0 Å². The van der Waals surface area contributed by atoms with Gasteiger partial charge in [0.2, 0.25) is 0 Å². The topological polar surface area (TPSA) is 78.3 Å². The fourth-order valence-electron chi connectivity index (χ4n) is 1.90. The molecular formula is C14H18N4O3. The second kappa shape index (κ2) is 6.74. The smallest absolute Gasteiger partial charge is 0.273 e. The summed E-state index contributed by atoms with van der Waals surface area (Å²) in [6.45, 7) is 0.505. The number of amides is 1. The van der Waals surface area contributed by atoms with Crippen molar-refractivity contribution >= 4 is 5.91 Å². The molecule has 0 radical (unpaired) electrons. The maximum absolute atomic E-state index is 11.8. The Morgan fingerprint density at radius 1 is 1.29 bits per heavy atom. The molecule has 0 bridgehead atoms. The Labute approximate surface area is 122 Å². The first kappa shape index (κ1) is 14.8. The van der Waals surface area contributed by atoms with Gasteiger partial charge in [-0.3, -0.25) is 9.48 Å². The number of hydrogen-bond acceptors (Lipinski definition) is 5. The van der Waals surface area contributed by atoms with E-state index in [2.05, 4.69) is 15.6 Å². The van der Waals surface area contributed by atoms with Gasteiger partial charge in [-0.25, -0.2) is 0 Å². The summed E-state index contributed by atoms with van der Waals surface area (Å²) in [6.07, 6.45) is 2.26. The zero-order valence-corrected chi connectivity index (χ0v) is 12.3. The van der Waals surface area contributed by atoms with Gasteiger partial charge in [0.15, 0.2) is 17.2 Å². The van der Waals surface area contributed by atoms with E-state index in [-0.39, 0.29) is 5.91 Å². The van der Waals surface area contributed by atoms with Gasteiger partial charge in [0.05, 0.1) is 20.4 Å². The van der Waals surface area contributed by atoms with Crippen LogP contribution in [0.25, 0.3) is 0 Å². The number of carbonyl (C=O) groups excluding carboxylic acids is 1. The van der Waals surface area contributed by atoms with E-state index in [0.717, 1.165) is 5.56 Å². The van der Waals surface area contributed by atoms with Crippen molar-refractivity contribution in [3.63, 3.8) is 0 Å². The molecule has 7 heteroatoms.